The molecule has 0 heterocycles. The Labute approximate surface area is 167 Å². The van der Waals surface area contributed by atoms with Gasteiger partial charge in [0.2, 0.25) is 5.78 Å². The van der Waals surface area contributed by atoms with Crippen molar-refractivity contribution >= 4 is 27.7 Å². The number of esters is 1. The third kappa shape index (κ3) is 5.60. The Hall–Kier alpha value is -2.28. The summed E-state index contributed by atoms with van der Waals surface area (Å²) >= 11 is 3.32. The van der Waals surface area contributed by atoms with Gasteiger partial charge in [0.15, 0.2) is 0 Å². The van der Waals surface area contributed by atoms with Crippen LogP contribution < -0.4 is 0 Å². The van der Waals surface area contributed by atoms with Gasteiger partial charge in [0.05, 0.1) is 13.2 Å². The SMILES string of the molecule is C=CC(=O)OCCOC(OCCBr)(C(=O)c1ccccc1)c1ccccc1. The van der Waals surface area contributed by atoms with Gasteiger partial charge in [-0.05, 0) is 0 Å². The molecule has 2 rings (SSSR count). The first-order chi connectivity index (χ1) is 13.1. The minimum absolute atomic E-state index is 0.0185. The maximum atomic E-state index is 13.4. The number of ether oxygens (including phenoxy) is 3. The van der Waals surface area contributed by atoms with Crippen LogP contribution in [0, 0.1) is 0 Å². The number of carbonyl (C=O) groups is 2. The van der Waals surface area contributed by atoms with Crippen molar-refractivity contribution in [3.8, 4) is 0 Å². The van der Waals surface area contributed by atoms with Crippen molar-refractivity contribution in [3.05, 3.63) is 84.4 Å². The van der Waals surface area contributed by atoms with Crippen molar-refractivity contribution in [3.63, 3.8) is 0 Å². The highest BCUT2D eigenvalue weighted by Gasteiger charge is 2.43. The first kappa shape index (κ1) is 21.0. The van der Waals surface area contributed by atoms with Gasteiger partial charge in [-0.1, -0.05) is 83.2 Å². The van der Waals surface area contributed by atoms with Gasteiger partial charge in [-0.25, -0.2) is 4.79 Å². The molecular weight excluding hydrogens is 412 g/mol. The number of hydrogen-bond donors (Lipinski definition) is 0. The molecule has 2 aromatic rings. The third-order valence-corrected chi connectivity index (χ3v) is 3.99. The van der Waals surface area contributed by atoms with E-state index in [2.05, 4.69) is 22.5 Å². The van der Waals surface area contributed by atoms with Gasteiger partial charge < -0.3 is 14.2 Å². The Bertz CT molecular complexity index is 748. The van der Waals surface area contributed by atoms with Crippen molar-refractivity contribution < 1.29 is 23.8 Å². The van der Waals surface area contributed by atoms with E-state index >= 15 is 0 Å². The summed E-state index contributed by atoms with van der Waals surface area (Å²) < 4.78 is 16.8. The Kier molecular flexibility index (Phi) is 8.39. The molecule has 0 saturated heterocycles. The maximum absolute atomic E-state index is 13.4. The summed E-state index contributed by atoms with van der Waals surface area (Å²) in [6.07, 6.45) is 1.07. The van der Waals surface area contributed by atoms with Crippen LogP contribution in [-0.4, -0.2) is 36.9 Å². The molecule has 0 aliphatic carbocycles. The molecule has 0 radical (unpaired) electrons. The summed E-state index contributed by atoms with van der Waals surface area (Å²) in [7, 11) is 0. The maximum Gasteiger partial charge on any atom is 0.330 e. The lowest BCUT2D eigenvalue weighted by Gasteiger charge is -2.32. The van der Waals surface area contributed by atoms with Crippen LogP contribution in [0.1, 0.15) is 15.9 Å². The van der Waals surface area contributed by atoms with Gasteiger partial charge in [-0.2, -0.15) is 0 Å². The van der Waals surface area contributed by atoms with E-state index in [4.69, 9.17) is 14.2 Å². The van der Waals surface area contributed by atoms with E-state index in [1.165, 1.54) is 0 Å². The molecule has 0 fully saturated rings. The fourth-order valence-electron chi connectivity index (χ4n) is 2.48. The highest BCUT2D eigenvalue weighted by Crippen LogP contribution is 2.32. The smallest absolute Gasteiger partial charge is 0.330 e. The minimum Gasteiger partial charge on any atom is -0.460 e. The Morgan fingerprint density at radius 3 is 2.11 bits per heavy atom. The number of alkyl halides is 1. The van der Waals surface area contributed by atoms with Crippen molar-refractivity contribution in [2.45, 2.75) is 5.79 Å². The highest BCUT2D eigenvalue weighted by molar-refractivity contribution is 9.09. The lowest BCUT2D eigenvalue weighted by Crippen LogP contribution is -2.43. The zero-order valence-corrected chi connectivity index (χ0v) is 16.4. The highest BCUT2D eigenvalue weighted by atomic mass is 79.9. The predicted molar refractivity (Wildman–Crippen MR) is 106 cm³/mol. The van der Waals surface area contributed by atoms with Crippen LogP contribution in [-0.2, 0) is 24.8 Å². The number of halogens is 1. The van der Waals surface area contributed by atoms with Crippen LogP contribution in [0.25, 0.3) is 0 Å². The standard InChI is InChI=1S/C21H21BrO5/c1-2-19(23)25-15-16-27-21(26-14-13-22,18-11-7-4-8-12-18)20(24)17-9-5-3-6-10-17/h2-12H,1,13-16H2. The second kappa shape index (κ2) is 10.8. The summed E-state index contributed by atoms with van der Waals surface area (Å²) in [5.41, 5.74) is 1.02. The fourth-order valence-corrected chi connectivity index (χ4v) is 2.64. The molecular formula is C21H21BrO5. The second-order valence-electron chi connectivity index (χ2n) is 5.44. The summed E-state index contributed by atoms with van der Waals surface area (Å²) in [6, 6.07) is 17.8. The number of benzene rings is 2. The third-order valence-electron chi connectivity index (χ3n) is 3.67. The largest absolute Gasteiger partial charge is 0.460 e. The average Bonchev–Trinajstić information content (AvgIpc) is 2.74. The van der Waals surface area contributed by atoms with E-state index in [1.54, 1.807) is 48.5 Å². The number of rotatable bonds is 11. The lowest BCUT2D eigenvalue weighted by molar-refractivity contribution is -0.211. The van der Waals surface area contributed by atoms with Crippen molar-refractivity contribution in [2.75, 3.05) is 25.2 Å². The first-order valence-corrected chi connectivity index (χ1v) is 9.54. The van der Waals surface area contributed by atoms with Crippen LogP contribution in [0.3, 0.4) is 0 Å². The fraction of sp³-hybridized carbons (Fsp3) is 0.238. The van der Waals surface area contributed by atoms with Gasteiger partial charge in [-0.15, -0.1) is 0 Å². The van der Waals surface area contributed by atoms with Crippen molar-refractivity contribution in [1.82, 2.24) is 0 Å². The van der Waals surface area contributed by atoms with Gasteiger partial charge in [0.25, 0.3) is 5.79 Å². The van der Waals surface area contributed by atoms with E-state index in [-0.39, 0.29) is 25.6 Å². The number of ketones is 1. The Balaban J connectivity index is 2.35. The van der Waals surface area contributed by atoms with E-state index in [9.17, 15) is 9.59 Å². The van der Waals surface area contributed by atoms with Gasteiger partial charge in [0.1, 0.15) is 6.61 Å². The summed E-state index contributed by atoms with van der Waals surface area (Å²) in [6.45, 7) is 3.55. The van der Waals surface area contributed by atoms with E-state index in [0.717, 1.165) is 6.08 Å². The molecule has 0 saturated carbocycles. The number of carbonyl (C=O) groups excluding carboxylic acids is 2. The van der Waals surface area contributed by atoms with Crippen molar-refractivity contribution in [2.24, 2.45) is 0 Å². The van der Waals surface area contributed by atoms with E-state index < -0.39 is 11.8 Å². The molecule has 0 aliphatic heterocycles. The van der Waals surface area contributed by atoms with Crippen LogP contribution in [0.15, 0.2) is 73.3 Å². The van der Waals surface area contributed by atoms with Crippen LogP contribution >= 0.6 is 15.9 Å². The quantitative estimate of drug-likeness (QED) is 0.134. The van der Waals surface area contributed by atoms with Crippen molar-refractivity contribution in [1.29, 1.82) is 0 Å². The predicted octanol–water partition coefficient (Wildman–Crippen LogP) is 3.88. The molecule has 2 aromatic carbocycles. The lowest BCUT2D eigenvalue weighted by atomic mass is 9.95. The Morgan fingerprint density at radius 2 is 1.52 bits per heavy atom. The zero-order chi connectivity index (χ0) is 19.5. The molecule has 1 atom stereocenters. The molecule has 0 aliphatic rings. The zero-order valence-electron chi connectivity index (χ0n) is 14.8. The number of hydrogen-bond acceptors (Lipinski definition) is 5. The van der Waals surface area contributed by atoms with Gasteiger partial charge in [-0.3, -0.25) is 4.79 Å². The van der Waals surface area contributed by atoms with Crippen LogP contribution in [0.5, 0.6) is 0 Å². The molecule has 0 amide bonds. The molecule has 6 heteroatoms. The molecule has 27 heavy (non-hydrogen) atoms. The Morgan fingerprint density at radius 1 is 0.926 bits per heavy atom. The van der Waals surface area contributed by atoms with Gasteiger partial charge in [0, 0.05) is 22.5 Å². The molecule has 0 aromatic heterocycles. The average molecular weight is 433 g/mol. The van der Waals surface area contributed by atoms with E-state index in [1.807, 2.05) is 12.1 Å². The second-order valence-corrected chi connectivity index (χ2v) is 6.23. The topological polar surface area (TPSA) is 61.8 Å². The van der Waals surface area contributed by atoms with Gasteiger partial charge >= 0.3 is 5.97 Å². The summed E-state index contributed by atoms with van der Waals surface area (Å²) in [5, 5.41) is 0.526. The normalized spacial score (nSPS) is 12.8. The minimum atomic E-state index is -1.64. The van der Waals surface area contributed by atoms with Crippen LogP contribution in [0.2, 0.25) is 0 Å². The summed E-state index contributed by atoms with van der Waals surface area (Å²) in [5.74, 6) is -2.53. The summed E-state index contributed by atoms with van der Waals surface area (Å²) in [4.78, 5) is 24.6. The number of Topliss-reactive ketones (excluding diaryl/α,β-unsaturated/α-hetero) is 1. The van der Waals surface area contributed by atoms with E-state index in [0.29, 0.717) is 16.5 Å². The first-order valence-electron chi connectivity index (χ1n) is 8.42. The monoisotopic (exact) mass is 432 g/mol. The molecule has 142 valence electrons. The van der Waals surface area contributed by atoms with Crippen LogP contribution in [0.4, 0.5) is 0 Å². The molecule has 0 N–H and O–H groups in total. The molecule has 5 nitrogen and oxygen atoms in total. The molecule has 0 bridgehead atoms. The molecule has 0 spiro atoms. The molecule has 1 unspecified atom stereocenters.